The summed E-state index contributed by atoms with van der Waals surface area (Å²) in [4.78, 5) is 10.9. The lowest BCUT2D eigenvalue weighted by Crippen LogP contribution is -2.02. The van der Waals surface area contributed by atoms with Crippen LogP contribution < -0.4 is 0 Å². The van der Waals surface area contributed by atoms with Crippen molar-refractivity contribution >= 4 is 5.97 Å². The Morgan fingerprint density at radius 2 is 2.06 bits per heavy atom. The summed E-state index contributed by atoms with van der Waals surface area (Å²) < 4.78 is 17.6. The largest absolute Gasteiger partial charge is 0.476 e. The quantitative estimate of drug-likeness (QED) is 0.887. The van der Waals surface area contributed by atoms with Crippen LogP contribution >= 0.6 is 0 Å². The SMILES string of the molecule is Cc1onc(C(=O)O)c1Cc1ccc(F)cc1. The molecule has 0 aliphatic carbocycles. The molecule has 0 aliphatic rings. The molecular weight excluding hydrogens is 225 g/mol. The van der Waals surface area contributed by atoms with E-state index in [1.807, 2.05) is 0 Å². The summed E-state index contributed by atoms with van der Waals surface area (Å²) in [6, 6.07) is 5.87. The third-order valence-electron chi connectivity index (χ3n) is 2.48. The molecule has 4 nitrogen and oxygen atoms in total. The fraction of sp³-hybridized carbons (Fsp3) is 0.167. The van der Waals surface area contributed by atoms with Gasteiger partial charge in [-0.25, -0.2) is 9.18 Å². The van der Waals surface area contributed by atoms with Gasteiger partial charge in [-0.1, -0.05) is 17.3 Å². The van der Waals surface area contributed by atoms with Crippen LogP contribution in [0.3, 0.4) is 0 Å². The van der Waals surface area contributed by atoms with E-state index in [1.165, 1.54) is 12.1 Å². The Kier molecular flexibility index (Phi) is 2.91. The zero-order valence-electron chi connectivity index (χ0n) is 9.11. The molecule has 17 heavy (non-hydrogen) atoms. The summed E-state index contributed by atoms with van der Waals surface area (Å²) in [7, 11) is 0. The molecule has 0 amide bonds. The summed E-state index contributed by atoms with van der Waals surface area (Å²) in [6.45, 7) is 1.65. The Morgan fingerprint density at radius 1 is 1.41 bits per heavy atom. The molecule has 5 heteroatoms. The lowest BCUT2D eigenvalue weighted by atomic mass is 10.0. The lowest BCUT2D eigenvalue weighted by molar-refractivity contribution is 0.0685. The highest BCUT2D eigenvalue weighted by Gasteiger charge is 2.18. The van der Waals surface area contributed by atoms with Crippen molar-refractivity contribution in [1.29, 1.82) is 0 Å². The number of aryl methyl sites for hydroxylation is 1. The van der Waals surface area contributed by atoms with Gasteiger partial charge in [0.15, 0.2) is 5.69 Å². The smallest absolute Gasteiger partial charge is 0.358 e. The number of aromatic nitrogens is 1. The van der Waals surface area contributed by atoms with Crippen LogP contribution in [0.15, 0.2) is 28.8 Å². The molecule has 0 fully saturated rings. The second-order valence-corrected chi connectivity index (χ2v) is 3.67. The number of hydrogen-bond donors (Lipinski definition) is 1. The van der Waals surface area contributed by atoms with E-state index in [0.717, 1.165) is 5.56 Å². The first kappa shape index (κ1) is 11.3. The average Bonchev–Trinajstić information content (AvgIpc) is 2.64. The van der Waals surface area contributed by atoms with Crippen LogP contribution in [-0.2, 0) is 6.42 Å². The number of rotatable bonds is 3. The minimum atomic E-state index is -1.13. The molecule has 0 bridgehead atoms. The first-order chi connectivity index (χ1) is 8.08. The van der Waals surface area contributed by atoms with Crippen LogP contribution in [-0.4, -0.2) is 16.2 Å². The monoisotopic (exact) mass is 235 g/mol. The maximum atomic E-state index is 12.7. The van der Waals surface area contributed by atoms with Crippen LogP contribution in [0.2, 0.25) is 0 Å². The van der Waals surface area contributed by atoms with Gasteiger partial charge in [-0.2, -0.15) is 0 Å². The van der Waals surface area contributed by atoms with Crippen molar-refractivity contribution in [3.63, 3.8) is 0 Å². The molecule has 88 valence electrons. The van der Waals surface area contributed by atoms with E-state index in [-0.39, 0.29) is 11.5 Å². The topological polar surface area (TPSA) is 63.3 Å². The third-order valence-corrected chi connectivity index (χ3v) is 2.48. The van der Waals surface area contributed by atoms with Gasteiger partial charge in [0.05, 0.1) is 0 Å². The molecule has 0 atom stereocenters. The van der Waals surface area contributed by atoms with Crippen LogP contribution in [0.5, 0.6) is 0 Å². The highest BCUT2D eigenvalue weighted by Crippen LogP contribution is 2.18. The number of carboxylic acid groups (broad SMARTS) is 1. The van der Waals surface area contributed by atoms with Gasteiger partial charge in [0.2, 0.25) is 0 Å². The summed E-state index contributed by atoms with van der Waals surface area (Å²) in [6.07, 6.45) is 0.358. The summed E-state index contributed by atoms with van der Waals surface area (Å²) in [5.41, 5.74) is 1.23. The molecule has 0 aliphatic heterocycles. The van der Waals surface area contributed by atoms with Gasteiger partial charge in [-0.15, -0.1) is 0 Å². The summed E-state index contributed by atoms with van der Waals surface area (Å²) >= 11 is 0. The average molecular weight is 235 g/mol. The lowest BCUT2D eigenvalue weighted by Gasteiger charge is -2.00. The molecule has 1 heterocycles. The molecule has 0 saturated heterocycles. The summed E-state index contributed by atoms with van der Waals surface area (Å²) in [5, 5.41) is 12.4. The Balaban J connectivity index is 2.32. The number of hydrogen-bond acceptors (Lipinski definition) is 3. The highest BCUT2D eigenvalue weighted by atomic mass is 19.1. The van der Waals surface area contributed by atoms with Crippen LogP contribution in [0.25, 0.3) is 0 Å². The minimum Gasteiger partial charge on any atom is -0.476 e. The van der Waals surface area contributed by atoms with Crippen molar-refractivity contribution in [2.45, 2.75) is 13.3 Å². The molecule has 2 rings (SSSR count). The van der Waals surface area contributed by atoms with Crippen molar-refractivity contribution in [2.24, 2.45) is 0 Å². The fourth-order valence-electron chi connectivity index (χ4n) is 1.57. The molecule has 0 spiro atoms. The maximum Gasteiger partial charge on any atom is 0.358 e. The van der Waals surface area contributed by atoms with Gasteiger partial charge < -0.3 is 9.63 Å². The van der Waals surface area contributed by atoms with Crippen molar-refractivity contribution in [3.8, 4) is 0 Å². The molecule has 1 N–H and O–H groups in total. The number of carboxylic acids is 1. The molecule has 0 saturated carbocycles. The Hall–Kier alpha value is -2.17. The zero-order chi connectivity index (χ0) is 12.4. The van der Waals surface area contributed by atoms with Crippen molar-refractivity contribution < 1.29 is 18.8 Å². The van der Waals surface area contributed by atoms with Gasteiger partial charge in [0, 0.05) is 12.0 Å². The van der Waals surface area contributed by atoms with Crippen molar-refractivity contribution in [3.05, 3.63) is 52.7 Å². The molecule has 2 aromatic rings. The van der Waals surface area contributed by atoms with Gasteiger partial charge in [0.1, 0.15) is 11.6 Å². The number of benzene rings is 1. The number of aromatic carboxylic acids is 1. The van der Waals surface area contributed by atoms with Gasteiger partial charge in [0.25, 0.3) is 0 Å². The zero-order valence-corrected chi connectivity index (χ0v) is 9.11. The number of nitrogens with zero attached hydrogens (tertiary/aromatic N) is 1. The van der Waals surface area contributed by atoms with E-state index in [4.69, 9.17) is 9.63 Å². The molecular formula is C12H10FNO3. The second kappa shape index (κ2) is 4.37. The highest BCUT2D eigenvalue weighted by molar-refractivity contribution is 5.87. The van der Waals surface area contributed by atoms with E-state index in [2.05, 4.69) is 5.16 Å². The van der Waals surface area contributed by atoms with Crippen molar-refractivity contribution in [1.82, 2.24) is 5.16 Å². The predicted octanol–water partition coefficient (Wildman–Crippen LogP) is 2.41. The van der Waals surface area contributed by atoms with E-state index < -0.39 is 5.97 Å². The fourth-order valence-corrected chi connectivity index (χ4v) is 1.57. The van der Waals surface area contributed by atoms with Gasteiger partial charge in [-0.05, 0) is 24.6 Å². The normalized spacial score (nSPS) is 10.5. The van der Waals surface area contributed by atoms with Crippen molar-refractivity contribution in [2.75, 3.05) is 0 Å². The maximum absolute atomic E-state index is 12.7. The predicted molar refractivity (Wildman–Crippen MR) is 57.4 cm³/mol. The molecule has 1 aromatic heterocycles. The van der Waals surface area contributed by atoms with E-state index in [0.29, 0.717) is 17.7 Å². The van der Waals surface area contributed by atoms with E-state index in [1.54, 1.807) is 19.1 Å². The Morgan fingerprint density at radius 3 is 2.65 bits per heavy atom. The van der Waals surface area contributed by atoms with Crippen LogP contribution in [0.4, 0.5) is 4.39 Å². The van der Waals surface area contributed by atoms with Crippen LogP contribution in [0.1, 0.15) is 27.4 Å². The minimum absolute atomic E-state index is 0.0909. The summed E-state index contributed by atoms with van der Waals surface area (Å²) in [5.74, 6) is -0.986. The van der Waals surface area contributed by atoms with E-state index >= 15 is 0 Å². The van der Waals surface area contributed by atoms with E-state index in [9.17, 15) is 9.18 Å². The second-order valence-electron chi connectivity index (χ2n) is 3.67. The van der Waals surface area contributed by atoms with Gasteiger partial charge in [-0.3, -0.25) is 0 Å². The third kappa shape index (κ3) is 2.33. The molecule has 1 aromatic carbocycles. The number of halogens is 1. The first-order valence-corrected chi connectivity index (χ1v) is 5.01. The molecule has 0 unspecified atom stereocenters. The first-order valence-electron chi connectivity index (χ1n) is 5.01. The number of carbonyl (C=O) groups is 1. The Bertz CT molecular complexity index is 545. The Labute approximate surface area is 96.7 Å². The molecule has 0 radical (unpaired) electrons. The van der Waals surface area contributed by atoms with Crippen LogP contribution in [0, 0.1) is 12.7 Å². The van der Waals surface area contributed by atoms with Gasteiger partial charge >= 0.3 is 5.97 Å². The standard InChI is InChI=1S/C12H10FNO3/c1-7-10(11(12(15)16)14-17-7)6-8-2-4-9(13)5-3-8/h2-5H,6H2,1H3,(H,15,16).